The molecular formula is C15H22N4O2. The van der Waals surface area contributed by atoms with Gasteiger partial charge in [0.15, 0.2) is 0 Å². The third kappa shape index (κ3) is 3.33. The molecule has 0 aliphatic carbocycles. The molecule has 1 unspecified atom stereocenters. The topological polar surface area (TPSA) is 77.5 Å². The summed E-state index contributed by atoms with van der Waals surface area (Å²) in [6.45, 7) is 3.55. The van der Waals surface area contributed by atoms with Crippen LogP contribution in [0.3, 0.4) is 0 Å². The predicted molar refractivity (Wildman–Crippen MR) is 80.3 cm³/mol. The van der Waals surface area contributed by atoms with Crippen LogP contribution in [0.25, 0.3) is 0 Å². The number of anilines is 1. The van der Waals surface area contributed by atoms with Crippen molar-refractivity contribution in [3.63, 3.8) is 0 Å². The summed E-state index contributed by atoms with van der Waals surface area (Å²) in [7, 11) is 0. The first-order valence-corrected chi connectivity index (χ1v) is 7.59. The number of hydrogen-bond acceptors (Lipinski definition) is 5. The van der Waals surface area contributed by atoms with Crippen molar-refractivity contribution in [3.05, 3.63) is 23.9 Å². The van der Waals surface area contributed by atoms with E-state index in [1.165, 1.54) is 0 Å². The third-order valence-corrected chi connectivity index (χ3v) is 4.22. The summed E-state index contributed by atoms with van der Waals surface area (Å²) in [4.78, 5) is 18.4. The summed E-state index contributed by atoms with van der Waals surface area (Å²) in [6, 6.07) is 3.52. The lowest BCUT2D eigenvalue weighted by molar-refractivity contribution is 0.0751. The van der Waals surface area contributed by atoms with Gasteiger partial charge < -0.3 is 20.6 Å². The number of aliphatic hydroxyl groups is 1. The van der Waals surface area contributed by atoms with Crippen LogP contribution in [0.4, 0.5) is 5.82 Å². The van der Waals surface area contributed by atoms with E-state index in [0.29, 0.717) is 24.5 Å². The van der Waals surface area contributed by atoms with Crippen molar-refractivity contribution in [2.75, 3.05) is 38.0 Å². The number of rotatable bonds is 4. The Morgan fingerprint density at radius 2 is 2.29 bits per heavy atom. The highest BCUT2D eigenvalue weighted by molar-refractivity contribution is 5.95. The van der Waals surface area contributed by atoms with E-state index in [1.807, 2.05) is 4.90 Å². The maximum atomic E-state index is 12.3. The second-order valence-electron chi connectivity index (χ2n) is 5.93. The first-order chi connectivity index (χ1) is 10.2. The fourth-order valence-electron chi connectivity index (χ4n) is 2.90. The van der Waals surface area contributed by atoms with Gasteiger partial charge in [-0.1, -0.05) is 0 Å². The Balaban J connectivity index is 1.64. The van der Waals surface area contributed by atoms with Crippen LogP contribution >= 0.6 is 0 Å². The Bertz CT molecular complexity index is 508. The molecule has 3 heterocycles. The molecular weight excluding hydrogens is 268 g/mol. The molecule has 0 aromatic carbocycles. The smallest absolute Gasteiger partial charge is 0.254 e. The fraction of sp³-hybridized carbons (Fsp3) is 0.600. The number of β-amino-alcohol motifs (C(OH)–C–C–N with tert-alkyl or cyclic N) is 1. The minimum atomic E-state index is -0.726. The molecule has 1 amide bonds. The molecule has 1 atom stereocenters. The molecule has 114 valence electrons. The number of likely N-dealkylation sites (tertiary alicyclic amines) is 1. The van der Waals surface area contributed by atoms with Crippen molar-refractivity contribution in [3.8, 4) is 0 Å². The van der Waals surface area contributed by atoms with Gasteiger partial charge in [0, 0.05) is 37.9 Å². The molecule has 6 heteroatoms. The van der Waals surface area contributed by atoms with E-state index in [9.17, 15) is 9.90 Å². The Hall–Kier alpha value is -1.66. The van der Waals surface area contributed by atoms with Gasteiger partial charge in [0.25, 0.3) is 5.91 Å². The first kappa shape index (κ1) is 14.3. The molecule has 2 saturated heterocycles. The fourth-order valence-corrected chi connectivity index (χ4v) is 2.90. The van der Waals surface area contributed by atoms with Crippen molar-refractivity contribution in [1.82, 2.24) is 15.2 Å². The maximum absolute atomic E-state index is 12.3. The average molecular weight is 290 g/mol. The molecule has 0 radical (unpaired) electrons. The zero-order chi connectivity index (χ0) is 14.7. The Labute approximate surface area is 124 Å². The van der Waals surface area contributed by atoms with E-state index in [0.717, 1.165) is 38.9 Å². The van der Waals surface area contributed by atoms with Crippen molar-refractivity contribution in [2.45, 2.75) is 24.9 Å². The standard InChI is InChI=1S/C15H22N4O2/c20-14(19-7-1-2-8-19)12-3-5-17-13(9-12)18-11-15(21)4-6-16-10-15/h3,5,9,16,21H,1-2,4,6-8,10-11H2,(H,17,18). The number of carbonyl (C=O) groups excluding carboxylic acids is 1. The van der Waals surface area contributed by atoms with Gasteiger partial charge in [0.2, 0.25) is 0 Å². The molecule has 2 fully saturated rings. The normalized spacial score (nSPS) is 25.3. The summed E-state index contributed by atoms with van der Waals surface area (Å²) in [5.41, 5.74) is -0.0673. The van der Waals surface area contributed by atoms with Gasteiger partial charge >= 0.3 is 0 Å². The zero-order valence-electron chi connectivity index (χ0n) is 12.1. The number of aromatic nitrogens is 1. The van der Waals surface area contributed by atoms with Crippen LogP contribution in [0, 0.1) is 0 Å². The molecule has 3 rings (SSSR count). The summed E-state index contributed by atoms with van der Waals surface area (Å²) in [6.07, 6.45) is 4.54. The minimum Gasteiger partial charge on any atom is -0.387 e. The number of amides is 1. The van der Waals surface area contributed by atoms with Crippen molar-refractivity contribution < 1.29 is 9.90 Å². The maximum Gasteiger partial charge on any atom is 0.254 e. The number of hydrogen-bond donors (Lipinski definition) is 3. The molecule has 6 nitrogen and oxygen atoms in total. The van der Waals surface area contributed by atoms with Crippen LogP contribution < -0.4 is 10.6 Å². The third-order valence-electron chi connectivity index (χ3n) is 4.22. The highest BCUT2D eigenvalue weighted by atomic mass is 16.3. The number of carbonyl (C=O) groups is 1. The Morgan fingerprint density at radius 1 is 1.48 bits per heavy atom. The van der Waals surface area contributed by atoms with Crippen LogP contribution in [0.5, 0.6) is 0 Å². The molecule has 2 aliphatic rings. The molecule has 21 heavy (non-hydrogen) atoms. The van der Waals surface area contributed by atoms with Crippen LogP contribution in [0.2, 0.25) is 0 Å². The molecule has 1 aromatic heterocycles. The van der Waals surface area contributed by atoms with Crippen LogP contribution in [0.15, 0.2) is 18.3 Å². The van der Waals surface area contributed by atoms with E-state index < -0.39 is 5.60 Å². The van der Waals surface area contributed by atoms with E-state index >= 15 is 0 Å². The second-order valence-corrected chi connectivity index (χ2v) is 5.93. The second kappa shape index (κ2) is 5.99. The predicted octanol–water partition coefficient (Wildman–Crippen LogP) is 0.454. The van der Waals surface area contributed by atoms with E-state index in [1.54, 1.807) is 18.3 Å². The van der Waals surface area contributed by atoms with Crippen molar-refractivity contribution in [1.29, 1.82) is 0 Å². The van der Waals surface area contributed by atoms with Crippen LogP contribution in [-0.4, -0.2) is 59.2 Å². The van der Waals surface area contributed by atoms with Gasteiger partial charge in [-0.25, -0.2) is 4.98 Å². The molecule has 0 spiro atoms. The number of nitrogens with one attached hydrogen (secondary N) is 2. The average Bonchev–Trinajstić information content (AvgIpc) is 3.17. The number of pyridine rings is 1. The summed E-state index contributed by atoms with van der Waals surface area (Å²) in [5, 5.41) is 16.6. The van der Waals surface area contributed by atoms with Gasteiger partial charge in [0.05, 0.1) is 5.60 Å². The lowest BCUT2D eigenvalue weighted by Crippen LogP contribution is -2.39. The van der Waals surface area contributed by atoms with Crippen molar-refractivity contribution in [2.24, 2.45) is 0 Å². The largest absolute Gasteiger partial charge is 0.387 e. The molecule has 1 aromatic rings. The Kier molecular flexibility index (Phi) is 4.07. The van der Waals surface area contributed by atoms with Gasteiger partial charge in [0.1, 0.15) is 5.82 Å². The summed E-state index contributed by atoms with van der Waals surface area (Å²) < 4.78 is 0. The van der Waals surface area contributed by atoms with Crippen molar-refractivity contribution >= 4 is 11.7 Å². The lowest BCUT2D eigenvalue weighted by Gasteiger charge is -2.22. The molecule has 2 aliphatic heterocycles. The van der Waals surface area contributed by atoms with E-state index in [-0.39, 0.29) is 5.91 Å². The monoisotopic (exact) mass is 290 g/mol. The van der Waals surface area contributed by atoms with Crippen LogP contribution in [0.1, 0.15) is 29.6 Å². The molecule has 0 saturated carbocycles. The number of nitrogens with zero attached hydrogens (tertiary/aromatic N) is 2. The SMILES string of the molecule is O=C(c1ccnc(NCC2(O)CCNC2)c1)N1CCCC1. The van der Waals surface area contributed by atoms with Gasteiger partial charge in [-0.15, -0.1) is 0 Å². The molecule has 0 bridgehead atoms. The highest BCUT2D eigenvalue weighted by Crippen LogP contribution is 2.17. The lowest BCUT2D eigenvalue weighted by atomic mass is 10.0. The van der Waals surface area contributed by atoms with E-state index in [4.69, 9.17) is 0 Å². The van der Waals surface area contributed by atoms with Gasteiger partial charge in [-0.3, -0.25) is 4.79 Å². The summed E-state index contributed by atoms with van der Waals surface area (Å²) >= 11 is 0. The molecule has 3 N–H and O–H groups in total. The summed E-state index contributed by atoms with van der Waals surface area (Å²) in [5.74, 6) is 0.708. The van der Waals surface area contributed by atoms with Gasteiger partial charge in [-0.2, -0.15) is 0 Å². The zero-order valence-corrected chi connectivity index (χ0v) is 12.1. The Morgan fingerprint density at radius 3 is 3.00 bits per heavy atom. The van der Waals surface area contributed by atoms with E-state index in [2.05, 4.69) is 15.6 Å². The van der Waals surface area contributed by atoms with Crippen LogP contribution in [-0.2, 0) is 0 Å². The van der Waals surface area contributed by atoms with Gasteiger partial charge in [-0.05, 0) is 37.9 Å². The quantitative estimate of drug-likeness (QED) is 0.751. The first-order valence-electron chi connectivity index (χ1n) is 7.59. The minimum absolute atomic E-state index is 0.0687. The highest BCUT2D eigenvalue weighted by Gasteiger charge is 2.30.